The van der Waals surface area contributed by atoms with Gasteiger partial charge < -0.3 is 15.0 Å². The summed E-state index contributed by atoms with van der Waals surface area (Å²) in [5, 5.41) is 2.55. The number of hydrogen-bond donors (Lipinski definition) is 2. The van der Waals surface area contributed by atoms with E-state index in [-0.39, 0.29) is 0 Å². The van der Waals surface area contributed by atoms with Crippen molar-refractivity contribution >= 4 is 0 Å². The summed E-state index contributed by atoms with van der Waals surface area (Å²) in [6.07, 6.45) is 2.88. The van der Waals surface area contributed by atoms with Crippen molar-refractivity contribution in [3.8, 4) is 5.75 Å². The zero-order chi connectivity index (χ0) is 12.4. The van der Waals surface area contributed by atoms with Crippen molar-refractivity contribution in [3.63, 3.8) is 0 Å². The SMILES string of the molecule is COc1cccc(C[NH2+][C@H]2C[NH+]3CCC2CC3)c1. The van der Waals surface area contributed by atoms with Gasteiger partial charge in [-0.1, -0.05) is 12.1 Å². The molecule has 3 fully saturated rings. The Bertz CT molecular complexity index is 399. The van der Waals surface area contributed by atoms with Crippen molar-refractivity contribution in [1.29, 1.82) is 0 Å². The van der Waals surface area contributed by atoms with Crippen LogP contribution < -0.4 is 15.0 Å². The zero-order valence-corrected chi connectivity index (χ0v) is 11.2. The molecule has 0 amide bonds. The molecule has 3 heteroatoms. The topological polar surface area (TPSA) is 30.3 Å². The molecule has 4 rings (SSSR count). The van der Waals surface area contributed by atoms with Crippen LogP contribution in [0.3, 0.4) is 0 Å². The normalized spacial score (nSPS) is 30.4. The molecule has 3 N–H and O–H groups in total. The highest BCUT2D eigenvalue weighted by atomic mass is 16.5. The lowest BCUT2D eigenvalue weighted by Crippen LogP contribution is -3.20. The van der Waals surface area contributed by atoms with Gasteiger partial charge in [0.15, 0.2) is 0 Å². The van der Waals surface area contributed by atoms with E-state index in [2.05, 4.69) is 23.5 Å². The number of fused-ring (bicyclic) bond motifs is 3. The third-order valence-corrected chi connectivity index (χ3v) is 4.66. The van der Waals surface area contributed by atoms with Crippen LogP contribution in [-0.2, 0) is 6.54 Å². The van der Waals surface area contributed by atoms with Gasteiger partial charge in [-0.25, -0.2) is 0 Å². The second-order valence-electron chi connectivity index (χ2n) is 5.75. The Kier molecular flexibility index (Phi) is 3.52. The smallest absolute Gasteiger partial charge is 0.139 e. The van der Waals surface area contributed by atoms with Crippen molar-refractivity contribution < 1.29 is 15.0 Å². The fourth-order valence-corrected chi connectivity index (χ4v) is 3.54. The molecule has 0 unspecified atom stereocenters. The average molecular weight is 248 g/mol. The van der Waals surface area contributed by atoms with Gasteiger partial charge in [0.2, 0.25) is 0 Å². The van der Waals surface area contributed by atoms with E-state index < -0.39 is 0 Å². The average Bonchev–Trinajstić information content (AvgIpc) is 2.46. The number of nitrogens with one attached hydrogen (secondary N) is 1. The van der Waals surface area contributed by atoms with Gasteiger partial charge in [-0.2, -0.15) is 0 Å². The van der Waals surface area contributed by atoms with Crippen molar-refractivity contribution in [1.82, 2.24) is 0 Å². The van der Waals surface area contributed by atoms with Gasteiger partial charge in [-0.05, 0) is 12.1 Å². The minimum absolute atomic E-state index is 0.841. The second-order valence-corrected chi connectivity index (χ2v) is 5.75. The van der Waals surface area contributed by atoms with Crippen LogP contribution in [0.1, 0.15) is 18.4 Å². The molecular weight excluding hydrogens is 224 g/mol. The minimum atomic E-state index is 0.841. The van der Waals surface area contributed by atoms with Crippen LogP contribution in [-0.4, -0.2) is 32.8 Å². The summed E-state index contributed by atoms with van der Waals surface area (Å²) in [5.74, 6) is 1.94. The maximum atomic E-state index is 5.28. The molecule has 3 aliphatic heterocycles. The van der Waals surface area contributed by atoms with Crippen LogP contribution in [0.4, 0.5) is 0 Å². The number of ether oxygens (including phenoxy) is 1. The fraction of sp³-hybridized carbons (Fsp3) is 0.600. The van der Waals surface area contributed by atoms with E-state index in [4.69, 9.17) is 4.74 Å². The second kappa shape index (κ2) is 5.29. The first-order valence-corrected chi connectivity index (χ1v) is 7.15. The zero-order valence-electron chi connectivity index (χ0n) is 11.2. The standard InChI is InChI=1S/C15H22N2O/c1-18-14-4-2-3-12(9-14)10-16-15-11-17-7-5-13(15)6-8-17/h2-4,9,13,15-16H,5-8,10-11H2,1H3/p+2/t15-/m0/s1. The quantitative estimate of drug-likeness (QED) is 0.735. The van der Waals surface area contributed by atoms with Crippen LogP contribution in [0, 0.1) is 5.92 Å². The summed E-state index contributed by atoms with van der Waals surface area (Å²) >= 11 is 0. The molecule has 2 bridgehead atoms. The number of quaternary nitrogens is 2. The van der Waals surface area contributed by atoms with Crippen LogP contribution in [0.25, 0.3) is 0 Å². The van der Waals surface area contributed by atoms with Crippen molar-refractivity contribution in [3.05, 3.63) is 29.8 Å². The first kappa shape index (κ1) is 12.0. The number of methoxy groups -OCH3 is 1. The predicted octanol–water partition coefficient (Wildman–Crippen LogP) is -0.564. The molecule has 3 heterocycles. The molecule has 1 atom stereocenters. The number of piperidine rings is 3. The molecule has 3 nitrogen and oxygen atoms in total. The summed E-state index contributed by atoms with van der Waals surface area (Å²) in [4.78, 5) is 1.82. The van der Waals surface area contributed by atoms with Crippen molar-refractivity contribution in [2.75, 3.05) is 26.7 Å². The minimum Gasteiger partial charge on any atom is -0.497 e. The van der Waals surface area contributed by atoms with E-state index in [0.29, 0.717) is 0 Å². The highest BCUT2D eigenvalue weighted by Crippen LogP contribution is 2.16. The number of nitrogens with two attached hydrogens (primary N) is 1. The molecular formula is C15H24N2O+2. The van der Waals surface area contributed by atoms with Gasteiger partial charge in [-0.15, -0.1) is 0 Å². The fourth-order valence-electron chi connectivity index (χ4n) is 3.54. The predicted molar refractivity (Wildman–Crippen MR) is 70.7 cm³/mol. The van der Waals surface area contributed by atoms with Gasteiger partial charge >= 0.3 is 0 Å². The van der Waals surface area contributed by atoms with Crippen LogP contribution >= 0.6 is 0 Å². The Morgan fingerprint density at radius 1 is 1.33 bits per heavy atom. The number of rotatable bonds is 4. The molecule has 0 radical (unpaired) electrons. The van der Waals surface area contributed by atoms with Crippen molar-refractivity contribution in [2.24, 2.45) is 5.92 Å². The van der Waals surface area contributed by atoms with Gasteiger partial charge in [0.25, 0.3) is 0 Å². The Morgan fingerprint density at radius 2 is 2.17 bits per heavy atom. The van der Waals surface area contributed by atoms with E-state index in [0.717, 1.165) is 24.3 Å². The molecule has 3 saturated heterocycles. The summed E-state index contributed by atoms with van der Waals surface area (Å²) in [5.41, 5.74) is 1.38. The molecule has 3 aliphatic rings. The van der Waals surface area contributed by atoms with Crippen LogP contribution in [0.2, 0.25) is 0 Å². The summed E-state index contributed by atoms with van der Waals surface area (Å²) in [6, 6.07) is 9.30. The Balaban J connectivity index is 1.57. The molecule has 1 aromatic rings. The molecule has 0 spiro atoms. The number of benzene rings is 1. The van der Waals surface area contributed by atoms with E-state index in [9.17, 15) is 0 Å². The molecule has 0 aromatic heterocycles. The summed E-state index contributed by atoms with van der Waals surface area (Å²) in [7, 11) is 1.74. The van der Waals surface area contributed by atoms with Crippen molar-refractivity contribution in [2.45, 2.75) is 25.4 Å². The molecule has 0 saturated carbocycles. The largest absolute Gasteiger partial charge is 0.497 e. The lowest BCUT2D eigenvalue weighted by molar-refractivity contribution is -0.943. The highest BCUT2D eigenvalue weighted by molar-refractivity contribution is 5.27. The Hall–Kier alpha value is -1.06. The lowest BCUT2D eigenvalue weighted by Gasteiger charge is -2.40. The van der Waals surface area contributed by atoms with Gasteiger partial charge in [-0.3, -0.25) is 0 Å². The van der Waals surface area contributed by atoms with Gasteiger partial charge in [0.05, 0.1) is 20.2 Å². The lowest BCUT2D eigenvalue weighted by atomic mass is 9.84. The Morgan fingerprint density at radius 3 is 2.83 bits per heavy atom. The maximum absolute atomic E-state index is 5.28. The molecule has 18 heavy (non-hydrogen) atoms. The van der Waals surface area contributed by atoms with Gasteiger partial charge in [0, 0.05) is 24.3 Å². The first-order chi connectivity index (χ1) is 8.85. The van der Waals surface area contributed by atoms with Crippen LogP contribution in [0.5, 0.6) is 5.75 Å². The third kappa shape index (κ3) is 2.52. The number of hydrogen-bond acceptors (Lipinski definition) is 1. The first-order valence-electron chi connectivity index (χ1n) is 7.15. The summed E-state index contributed by atoms with van der Waals surface area (Å²) in [6.45, 7) is 5.28. The van der Waals surface area contributed by atoms with E-state index in [1.807, 2.05) is 11.0 Å². The van der Waals surface area contributed by atoms with Crippen LogP contribution in [0.15, 0.2) is 24.3 Å². The molecule has 1 aromatic carbocycles. The molecule has 0 aliphatic carbocycles. The van der Waals surface area contributed by atoms with E-state index in [1.165, 1.54) is 38.0 Å². The summed E-state index contributed by atoms with van der Waals surface area (Å²) < 4.78 is 5.28. The maximum Gasteiger partial charge on any atom is 0.139 e. The highest BCUT2D eigenvalue weighted by Gasteiger charge is 2.39. The van der Waals surface area contributed by atoms with E-state index >= 15 is 0 Å². The molecule has 98 valence electrons. The third-order valence-electron chi connectivity index (χ3n) is 4.66. The van der Waals surface area contributed by atoms with E-state index in [1.54, 1.807) is 7.11 Å². The Labute approximate surface area is 109 Å². The van der Waals surface area contributed by atoms with Gasteiger partial charge in [0.1, 0.15) is 24.9 Å². The monoisotopic (exact) mass is 248 g/mol.